The zero-order valence-electron chi connectivity index (χ0n) is 8.04. The number of hydrogen-bond acceptors (Lipinski definition) is 6. The number of ether oxygens (including phenoxy) is 2. The molecule has 14 heavy (non-hydrogen) atoms. The predicted molar refractivity (Wildman–Crippen MR) is 47.4 cm³/mol. The van der Waals surface area contributed by atoms with E-state index in [1.165, 1.54) is 0 Å². The monoisotopic (exact) mass is 207 g/mol. The summed E-state index contributed by atoms with van der Waals surface area (Å²) in [4.78, 5) is 0. The molecule has 0 radical (unpaired) electrons. The van der Waals surface area contributed by atoms with E-state index in [1.54, 1.807) is 6.92 Å². The molecule has 6 heteroatoms. The molecule has 1 rings (SSSR count). The Morgan fingerprint density at radius 2 is 1.86 bits per heavy atom. The lowest BCUT2D eigenvalue weighted by Gasteiger charge is -2.38. The Kier molecular flexibility index (Phi) is 4.24. The van der Waals surface area contributed by atoms with E-state index in [1.807, 2.05) is 0 Å². The van der Waals surface area contributed by atoms with E-state index in [0.717, 1.165) is 0 Å². The Labute approximate surface area is 82.2 Å². The minimum Gasteiger partial charge on any atom is -0.388 e. The predicted octanol–water partition coefficient (Wildman–Crippen LogP) is -2.21. The molecule has 1 aliphatic heterocycles. The topological polar surface area (TPSA) is 105 Å². The standard InChI is InChI=1S/C8H17NO5/c1-4-5(10)6(11)7(12)8(14-4)13-3-2-9/h4-8,10-12H,2-3,9H2,1H3. The molecule has 5 unspecified atom stereocenters. The second kappa shape index (κ2) is 5.01. The maximum atomic E-state index is 9.45. The van der Waals surface area contributed by atoms with Gasteiger partial charge in [-0.3, -0.25) is 0 Å². The molecule has 0 spiro atoms. The van der Waals surface area contributed by atoms with Crippen molar-refractivity contribution in [2.75, 3.05) is 13.2 Å². The van der Waals surface area contributed by atoms with Gasteiger partial charge in [0.05, 0.1) is 12.7 Å². The van der Waals surface area contributed by atoms with Crippen LogP contribution in [0.15, 0.2) is 0 Å². The molecule has 6 nitrogen and oxygen atoms in total. The van der Waals surface area contributed by atoms with Crippen LogP contribution in [0.1, 0.15) is 6.92 Å². The third kappa shape index (κ3) is 2.41. The summed E-state index contributed by atoms with van der Waals surface area (Å²) < 4.78 is 10.2. The molecule has 0 aromatic carbocycles. The van der Waals surface area contributed by atoms with E-state index in [0.29, 0.717) is 6.54 Å². The Hall–Kier alpha value is -0.240. The lowest BCUT2D eigenvalue weighted by Crippen LogP contribution is -2.57. The number of hydrogen-bond donors (Lipinski definition) is 4. The SMILES string of the molecule is CC1OC(OCCN)C(O)C(O)C1O. The van der Waals surface area contributed by atoms with Crippen molar-refractivity contribution < 1.29 is 24.8 Å². The highest BCUT2D eigenvalue weighted by molar-refractivity contribution is 4.87. The first-order valence-corrected chi connectivity index (χ1v) is 4.59. The number of nitrogens with two attached hydrogens (primary N) is 1. The van der Waals surface area contributed by atoms with Gasteiger partial charge in [-0.25, -0.2) is 0 Å². The fourth-order valence-corrected chi connectivity index (χ4v) is 1.34. The van der Waals surface area contributed by atoms with Gasteiger partial charge < -0.3 is 30.5 Å². The van der Waals surface area contributed by atoms with Gasteiger partial charge in [0.25, 0.3) is 0 Å². The van der Waals surface area contributed by atoms with E-state index in [9.17, 15) is 15.3 Å². The maximum absolute atomic E-state index is 9.45. The lowest BCUT2D eigenvalue weighted by atomic mass is 10.0. The molecular formula is C8H17NO5. The Morgan fingerprint density at radius 3 is 2.43 bits per heavy atom. The van der Waals surface area contributed by atoms with Crippen molar-refractivity contribution >= 4 is 0 Å². The van der Waals surface area contributed by atoms with Crippen LogP contribution in [0.25, 0.3) is 0 Å². The summed E-state index contributed by atoms with van der Waals surface area (Å²) in [6.45, 7) is 2.13. The Morgan fingerprint density at radius 1 is 1.21 bits per heavy atom. The minimum atomic E-state index is -1.25. The summed E-state index contributed by atoms with van der Waals surface area (Å²) >= 11 is 0. The van der Waals surface area contributed by atoms with Crippen LogP contribution in [0.4, 0.5) is 0 Å². The summed E-state index contributed by atoms with van der Waals surface area (Å²) in [6.07, 6.45) is -5.08. The lowest BCUT2D eigenvalue weighted by molar-refractivity contribution is -0.292. The summed E-state index contributed by atoms with van der Waals surface area (Å²) in [5, 5.41) is 28.2. The van der Waals surface area contributed by atoms with Crippen LogP contribution < -0.4 is 5.73 Å². The maximum Gasteiger partial charge on any atom is 0.186 e. The van der Waals surface area contributed by atoms with Gasteiger partial charge in [0.2, 0.25) is 0 Å². The van der Waals surface area contributed by atoms with E-state index in [2.05, 4.69) is 0 Å². The molecule has 5 N–H and O–H groups in total. The number of aliphatic hydroxyl groups excluding tert-OH is 3. The molecule has 1 heterocycles. The van der Waals surface area contributed by atoms with Crippen LogP contribution in [0, 0.1) is 0 Å². The highest BCUT2D eigenvalue weighted by atomic mass is 16.7. The molecule has 0 aliphatic carbocycles. The molecule has 1 fully saturated rings. The average molecular weight is 207 g/mol. The van der Waals surface area contributed by atoms with Crippen molar-refractivity contribution in [3.8, 4) is 0 Å². The molecule has 0 amide bonds. The van der Waals surface area contributed by atoms with Crippen molar-refractivity contribution in [2.45, 2.75) is 37.6 Å². The zero-order chi connectivity index (χ0) is 10.7. The summed E-state index contributed by atoms with van der Waals surface area (Å²) in [5.41, 5.74) is 5.21. The Balaban J connectivity index is 2.52. The van der Waals surface area contributed by atoms with Gasteiger partial charge in [-0.05, 0) is 6.92 Å². The number of rotatable bonds is 3. The van der Waals surface area contributed by atoms with E-state index >= 15 is 0 Å². The first-order chi connectivity index (χ1) is 6.57. The molecule has 1 saturated heterocycles. The van der Waals surface area contributed by atoms with Gasteiger partial charge in [-0.1, -0.05) is 0 Å². The van der Waals surface area contributed by atoms with Crippen LogP contribution in [-0.2, 0) is 9.47 Å². The molecule has 5 atom stereocenters. The molecule has 0 aromatic heterocycles. The summed E-state index contributed by atoms with van der Waals surface area (Å²) in [6, 6.07) is 0. The third-order valence-electron chi connectivity index (χ3n) is 2.21. The van der Waals surface area contributed by atoms with Crippen molar-refractivity contribution in [1.29, 1.82) is 0 Å². The first-order valence-electron chi connectivity index (χ1n) is 4.59. The highest BCUT2D eigenvalue weighted by Gasteiger charge is 2.42. The van der Waals surface area contributed by atoms with Gasteiger partial charge in [-0.2, -0.15) is 0 Å². The molecule has 0 bridgehead atoms. The van der Waals surface area contributed by atoms with Crippen LogP contribution in [-0.4, -0.2) is 59.2 Å². The first kappa shape index (κ1) is 11.8. The zero-order valence-corrected chi connectivity index (χ0v) is 8.04. The highest BCUT2D eigenvalue weighted by Crippen LogP contribution is 2.21. The van der Waals surface area contributed by atoms with Crippen LogP contribution in [0.5, 0.6) is 0 Å². The van der Waals surface area contributed by atoms with Gasteiger partial charge in [0.1, 0.15) is 18.3 Å². The molecule has 1 aliphatic rings. The van der Waals surface area contributed by atoms with E-state index < -0.39 is 30.7 Å². The molecule has 0 saturated carbocycles. The second-order valence-electron chi connectivity index (χ2n) is 3.34. The van der Waals surface area contributed by atoms with Gasteiger partial charge in [-0.15, -0.1) is 0 Å². The smallest absolute Gasteiger partial charge is 0.186 e. The van der Waals surface area contributed by atoms with E-state index in [-0.39, 0.29) is 6.61 Å². The fourth-order valence-electron chi connectivity index (χ4n) is 1.34. The van der Waals surface area contributed by atoms with Crippen LogP contribution in [0.2, 0.25) is 0 Å². The average Bonchev–Trinajstić information content (AvgIpc) is 2.18. The molecule has 84 valence electrons. The van der Waals surface area contributed by atoms with Gasteiger partial charge >= 0.3 is 0 Å². The quantitative estimate of drug-likeness (QED) is 0.418. The van der Waals surface area contributed by atoms with Crippen molar-refractivity contribution in [3.63, 3.8) is 0 Å². The number of aliphatic hydroxyl groups is 3. The summed E-state index contributed by atoms with van der Waals surface area (Å²) in [7, 11) is 0. The molecular weight excluding hydrogens is 190 g/mol. The minimum absolute atomic E-state index is 0.233. The Bertz CT molecular complexity index is 179. The van der Waals surface area contributed by atoms with Crippen molar-refractivity contribution in [2.24, 2.45) is 5.73 Å². The van der Waals surface area contributed by atoms with Gasteiger partial charge in [0, 0.05) is 6.54 Å². The van der Waals surface area contributed by atoms with Crippen molar-refractivity contribution in [3.05, 3.63) is 0 Å². The third-order valence-corrected chi connectivity index (χ3v) is 2.21. The second-order valence-corrected chi connectivity index (χ2v) is 3.34. The molecule has 0 aromatic rings. The van der Waals surface area contributed by atoms with E-state index in [4.69, 9.17) is 15.2 Å². The van der Waals surface area contributed by atoms with Gasteiger partial charge in [0.15, 0.2) is 6.29 Å². The van der Waals surface area contributed by atoms with Crippen LogP contribution >= 0.6 is 0 Å². The normalized spacial score (nSPS) is 43.9. The van der Waals surface area contributed by atoms with Crippen LogP contribution in [0.3, 0.4) is 0 Å². The summed E-state index contributed by atoms with van der Waals surface area (Å²) in [5.74, 6) is 0. The van der Waals surface area contributed by atoms with Crippen molar-refractivity contribution in [1.82, 2.24) is 0 Å². The fraction of sp³-hybridized carbons (Fsp3) is 1.00. The largest absolute Gasteiger partial charge is 0.388 e.